The first-order valence-electron chi connectivity index (χ1n) is 6.21. The lowest BCUT2D eigenvalue weighted by atomic mass is 10.2. The third-order valence-electron chi connectivity index (χ3n) is 2.78. The summed E-state index contributed by atoms with van der Waals surface area (Å²) in [6.45, 7) is 0.521. The number of ether oxygens (including phenoxy) is 1. The molecule has 6 heteroatoms. The van der Waals surface area contributed by atoms with Gasteiger partial charge in [0.1, 0.15) is 0 Å². The Morgan fingerprint density at radius 1 is 1.21 bits per heavy atom. The third-order valence-corrected chi connectivity index (χ3v) is 4.65. The molecule has 1 N–H and O–H groups in total. The van der Waals surface area contributed by atoms with Crippen LogP contribution in [0.5, 0.6) is 0 Å². The Morgan fingerprint density at radius 3 is 2.47 bits per heavy atom. The molecule has 0 saturated carbocycles. The minimum Gasteiger partial charge on any atom is -0.395 e. The number of nitrogens with zero attached hydrogens (tertiary/aromatic N) is 1. The van der Waals surface area contributed by atoms with Crippen LogP contribution in [0, 0.1) is 0 Å². The lowest BCUT2D eigenvalue weighted by Gasteiger charge is -2.20. The third kappa shape index (κ3) is 5.69. The summed E-state index contributed by atoms with van der Waals surface area (Å²) >= 11 is 0. The molecule has 0 aliphatic rings. The number of aliphatic hydroxyl groups excluding tert-OH is 1. The van der Waals surface area contributed by atoms with Crippen molar-refractivity contribution in [1.82, 2.24) is 4.31 Å². The van der Waals surface area contributed by atoms with E-state index in [9.17, 15) is 8.42 Å². The number of hydrogen-bond acceptors (Lipinski definition) is 4. The number of benzene rings is 1. The molecule has 0 atom stereocenters. The zero-order valence-electron chi connectivity index (χ0n) is 11.2. The van der Waals surface area contributed by atoms with Crippen LogP contribution in [0.4, 0.5) is 0 Å². The van der Waals surface area contributed by atoms with E-state index in [-0.39, 0.29) is 25.4 Å². The Bertz CT molecular complexity index is 447. The van der Waals surface area contributed by atoms with Crippen molar-refractivity contribution < 1.29 is 18.3 Å². The number of rotatable bonds is 9. The predicted molar refractivity (Wildman–Crippen MR) is 74.5 cm³/mol. The molecule has 0 fully saturated rings. The van der Waals surface area contributed by atoms with Crippen LogP contribution in [0.25, 0.3) is 0 Å². The van der Waals surface area contributed by atoms with Crippen molar-refractivity contribution in [3.8, 4) is 0 Å². The second-order valence-electron chi connectivity index (χ2n) is 4.17. The van der Waals surface area contributed by atoms with Gasteiger partial charge in [-0.3, -0.25) is 0 Å². The fourth-order valence-corrected chi connectivity index (χ4v) is 3.18. The molecule has 1 aromatic rings. The topological polar surface area (TPSA) is 66.8 Å². The summed E-state index contributed by atoms with van der Waals surface area (Å²) in [6.07, 6.45) is 0.470. The summed E-state index contributed by atoms with van der Waals surface area (Å²) in [5, 5.41) is 8.94. The van der Waals surface area contributed by atoms with Gasteiger partial charge in [-0.25, -0.2) is 8.42 Å². The number of hydrogen-bond donors (Lipinski definition) is 1. The molecule has 0 aliphatic heterocycles. The van der Waals surface area contributed by atoms with Crippen LogP contribution in [0.15, 0.2) is 30.3 Å². The van der Waals surface area contributed by atoms with Crippen molar-refractivity contribution in [3.63, 3.8) is 0 Å². The highest BCUT2D eigenvalue weighted by Gasteiger charge is 2.20. The van der Waals surface area contributed by atoms with Crippen molar-refractivity contribution in [2.24, 2.45) is 0 Å². The van der Waals surface area contributed by atoms with Gasteiger partial charge in [0.25, 0.3) is 0 Å². The van der Waals surface area contributed by atoms with Crippen LogP contribution in [0.1, 0.15) is 5.56 Å². The monoisotopic (exact) mass is 287 g/mol. The van der Waals surface area contributed by atoms with E-state index >= 15 is 0 Å². The molecule has 0 spiro atoms. The Labute approximate surface area is 114 Å². The molecule has 0 saturated heterocycles. The number of aryl methyl sites for hydroxylation is 1. The molecule has 0 unspecified atom stereocenters. The summed E-state index contributed by atoms with van der Waals surface area (Å²) in [5.74, 6) is 0.0424. The van der Waals surface area contributed by atoms with Crippen LogP contribution in [0.2, 0.25) is 0 Å². The summed E-state index contributed by atoms with van der Waals surface area (Å²) in [7, 11) is -1.84. The van der Waals surface area contributed by atoms with Gasteiger partial charge >= 0.3 is 0 Å². The number of sulfonamides is 1. The maximum atomic E-state index is 12.2. The van der Waals surface area contributed by atoms with Crippen LogP contribution < -0.4 is 0 Å². The average Bonchev–Trinajstić information content (AvgIpc) is 2.42. The number of methoxy groups -OCH3 is 1. The first-order chi connectivity index (χ1) is 9.10. The van der Waals surface area contributed by atoms with Crippen molar-refractivity contribution in [1.29, 1.82) is 0 Å². The van der Waals surface area contributed by atoms with Gasteiger partial charge in [0.15, 0.2) is 0 Å². The summed E-state index contributed by atoms with van der Waals surface area (Å²) < 4.78 is 30.5. The van der Waals surface area contributed by atoms with Gasteiger partial charge < -0.3 is 9.84 Å². The molecule has 0 aliphatic carbocycles. The van der Waals surface area contributed by atoms with Crippen molar-refractivity contribution in [2.75, 3.05) is 39.2 Å². The summed E-state index contributed by atoms with van der Waals surface area (Å²) in [5.41, 5.74) is 0.988. The minimum atomic E-state index is -3.36. The van der Waals surface area contributed by atoms with Crippen LogP contribution >= 0.6 is 0 Å². The van der Waals surface area contributed by atoms with Crippen LogP contribution in [-0.2, 0) is 21.2 Å². The molecule has 0 aromatic heterocycles. The zero-order chi connectivity index (χ0) is 14.1. The van der Waals surface area contributed by atoms with E-state index in [4.69, 9.17) is 9.84 Å². The van der Waals surface area contributed by atoms with Gasteiger partial charge in [-0.2, -0.15) is 4.31 Å². The first-order valence-corrected chi connectivity index (χ1v) is 7.82. The second kappa shape index (κ2) is 8.27. The molecule has 1 aromatic carbocycles. The second-order valence-corrected chi connectivity index (χ2v) is 6.26. The molecule has 0 radical (unpaired) electrons. The van der Waals surface area contributed by atoms with Gasteiger partial charge in [-0.1, -0.05) is 30.3 Å². The Hall–Kier alpha value is -0.950. The minimum absolute atomic E-state index is 0.0424. The highest BCUT2D eigenvalue weighted by atomic mass is 32.2. The largest absolute Gasteiger partial charge is 0.395 e. The van der Waals surface area contributed by atoms with E-state index in [1.165, 1.54) is 11.4 Å². The smallest absolute Gasteiger partial charge is 0.214 e. The maximum Gasteiger partial charge on any atom is 0.214 e. The first kappa shape index (κ1) is 16.1. The summed E-state index contributed by atoms with van der Waals surface area (Å²) in [6, 6.07) is 9.48. The molecule has 19 heavy (non-hydrogen) atoms. The van der Waals surface area contributed by atoms with Crippen LogP contribution in [-0.4, -0.2) is 57.0 Å². The Kier molecular flexibility index (Phi) is 7.01. The standard InChI is InChI=1S/C13H21NO4S/c1-18-11-9-14(8-10-15)19(16,17)12-7-13-5-3-2-4-6-13/h2-6,15H,7-12H2,1H3. The molecule has 0 bridgehead atoms. The highest BCUT2D eigenvalue weighted by molar-refractivity contribution is 7.89. The SMILES string of the molecule is COCCN(CCO)S(=O)(=O)CCc1ccccc1. The summed E-state index contributed by atoms with van der Waals surface area (Å²) in [4.78, 5) is 0. The van der Waals surface area contributed by atoms with E-state index in [0.717, 1.165) is 5.56 Å². The van der Waals surface area contributed by atoms with E-state index in [1.54, 1.807) is 0 Å². The lowest BCUT2D eigenvalue weighted by molar-refractivity contribution is 0.168. The van der Waals surface area contributed by atoms with E-state index < -0.39 is 10.0 Å². The highest BCUT2D eigenvalue weighted by Crippen LogP contribution is 2.06. The van der Waals surface area contributed by atoms with Gasteiger partial charge in [0.05, 0.1) is 19.0 Å². The van der Waals surface area contributed by atoms with Gasteiger partial charge in [0.2, 0.25) is 10.0 Å². The van der Waals surface area contributed by atoms with E-state index in [1.807, 2.05) is 30.3 Å². The molecule has 1 rings (SSSR count). The average molecular weight is 287 g/mol. The lowest BCUT2D eigenvalue weighted by Crippen LogP contribution is -2.38. The fraction of sp³-hybridized carbons (Fsp3) is 0.538. The number of aliphatic hydroxyl groups is 1. The molecular weight excluding hydrogens is 266 g/mol. The van der Waals surface area contributed by atoms with E-state index in [0.29, 0.717) is 13.0 Å². The quantitative estimate of drug-likeness (QED) is 0.718. The predicted octanol–water partition coefficient (Wildman–Crippen LogP) is 0.500. The normalized spacial score (nSPS) is 11.9. The van der Waals surface area contributed by atoms with Crippen molar-refractivity contribution in [2.45, 2.75) is 6.42 Å². The Morgan fingerprint density at radius 2 is 1.89 bits per heavy atom. The van der Waals surface area contributed by atoms with Crippen LogP contribution in [0.3, 0.4) is 0 Å². The molecule has 0 amide bonds. The van der Waals surface area contributed by atoms with Gasteiger partial charge in [-0.05, 0) is 12.0 Å². The van der Waals surface area contributed by atoms with E-state index in [2.05, 4.69) is 0 Å². The molecule has 0 heterocycles. The fourth-order valence-electron chi connectivity index (χ4n) is 1.72. The van der Waals surface area contributed by atoms with Crippen molar-refractivity contribution in [3.05, 3.63) is 35.9 Å². The Balaban J connectivity index is 2.61. The maximum absolute atomic E-state index is 12.2. The molecular formula is C13H21NO4S. The molecule has 108 valence electrons. The van der Waals surface area contributed by atoms with Crippen molar-refractivity contribution >= 4 is 10.0 Å². The van der Waals surface area contributed by atoms with Gasteiger partial charge in [-0.15, -0.1) is 0 Å². The molecule has 5 nitrogen and oxygen atoms in total. The van der Waals surface area contributed by atoms with Gasteiger partial charge in [0, 0.05) is 20.2 Å². The zero-order valence-corrected chi connectivity index (χ0v) is 12.0.